The lowest BCUT2D eigenvalue weighted by atomic mass is 10.1. The first kappa shape index (κ1) is 11.0. The van der Waals surface area contributed by atoms with Crippen LogP contribution in [-0.4, -0.2) is 15.8 Å². The molecular formula is C11H6Cl2N2O. The van der Waals surface area contributed by atoms with Crippen LogP contribution in [0.15, 0.2) is 36.4 Å². The Hall–Kier alpha value is -1.45. The molecular weight excluding hydrogens is 247 g/mol. The predicted octanol–water partition coefficient (Wildman–Crippen LogP) is 3.01. The van der Waals surface area contributed by atoms with Gasteiger partial charge in [0.15, 0.2) is 0 Å². The fourth-order valence-electron chi connectivity index (χ4n) is 1.24. The maximum Gasteiger partial charge on any atom is 0.224 e. The summed E-state index contributed by atoms with van der Waals surface area (Å²) in [7, 11) is 0. The van der Waals surface area contributed by atoms with Gasteiger partial charge in [0.05, 0.1) is 0 Å². The summed E-state index contributed by atoms with van der Waals surface area (Å²) >= 11 is 11.3. The van der Waals surface area contributed by atoms with Gasteiger partial charge >= 0.3 is 0 Å². The predicted molar refractivity (Wildman–Crippen MR) is 61.9 cm³/mol. The first-order valence-corrected chi connectivity index (χ1v) is 5.22. The summed E-state index contributed by atoms with van der Waals surface area (Å²) in [6.07, 6.45) is 0. The van der Waals surface area contributed by atoms with Crippen molar-refractivity contribution in [1.82, 2.24) is 9.97 Å². The normalized spacial score (nSPS) is 10.1. The van der Waals surface area contributed by atoms with Crippen LogP contribution in [0.1, 0.15) is 16.1 Å². The Morgan fingerprint density at radius 1 is 1.06 bits per heavy atom. The third-order valence-corrected chi connectivity index (χ3v) is 2.30. The van der Waals surface area contributed by atoms with Crippen LogP contribution < -0.4 is 0 Å². The Balaban J connectivity index is 2.42. The molecule has 0 aliphatic heterocycles. The van der Waals surface area contributed by atoms with Gasteiger partial charge in [0, 0.05) is 11.6 Å². The molecule has 1 aromatic carbocycles. The molecule has 3 nitrogen and oxygen atoms in total. The van der Waals surface area contributed by atoms with Gasteiger partial charge in [-0.15, -0.1) is 0 Å². The van der Waals surface area contributed by atoms with Gasteiger partial charge in [-0.3, -0.25) is 4.79 Å². The minimum atomic E-state index is -0.230. The molecule has 0 aliphatic carbocycles. The van der Waals surface area contributed by atoms with Crippen molar-refractivity contribution in [2.24, 2.45) is 0 Å². The molecule has 0 saturated heterocycles. The maximum absolute atomic E-state index is 11.9. The van der Waals surface area contributed by atoms with E-state index < -0.39 is 0 Å². The van der Waals surface area contributed by atoms with Gasteiger partial charge in [-0.1, -0.05) is 41.9 Å². The smallest absolute Gasteiger partial charge is 0.224 e. The fraction of sp³-hybridized carbons (Fsp3) is 0. The Bertz CT molecular complexity index is 509. The lowest BCUT2D eigenvalue weighted by molar-refractivity contribution is 0.103. The first-order chi connectivity index (χ1) is 7.66. The summed E-state index contributed by atoms with van der Waals surface area (Å²) in [4.78, 5) is 19.5. The summed E-state index contributed by atoms with van der Waals surface area (Å²) < 4.78 is 0. The minimum Gasteiger partial charge on any atom is -0.287 e. The Morgan fingerprint density at radius 2 is 1.75 bits per heavy atom. The molecule has 0 fully saturated rings. The van der Waals surface area contributed by atoms with E-state index in [1.807, 2.05) is 6.07 Å². The molecule has 0 atom stereocenters. The zero-order chi connectivity index (χ0) is 11.5. The molecule has 0 aliphatic rings. The minimum absolute atomic E-state index is 0.0354. The highest BCUT2D eigenvalue weighted by molar-refractivity contribution is 6.32. The third kappa shape index (κ3) is 2.38. The number of hydrogen-bond donors (Lipinski definition) is 0. The molecule has 0 spiro atoms. The maximum atomic E-state index is 11.9. The van der Waals surface area contributed by atoms with Crippen LogP contribution in [0.5, 0.6) is 0 Å². The molecule has 5 heteroatoms. The number of carbonyl (C=O) groups is 1. The number of ketones is 1. The van der Waals surface area contributed by atoms with E-state index in [1.165, 1.54) is 6.07 Å². The molecule has 0 saturated carbocycles. The average molecular weight is 253 g/mol. The van der Waals surface area contributed by atoms with E-state index in [1.54, 1.807) is 24.3 Å². The first-order valence-electron chi connectivity index (χ1n) is 4.46. The van der Waals surface area contributed by atoms with E-state index in [4.69, 9.17) is 23.2 Å². The topological polar surface area (TPSA) is 42.9 Å². The monoisotopic (exact) mass is 252 g/mol. The highest BCUT2D eigenvalue weighted by Gasteiger charge is 2.12. The second-order valence-electron chi connectivity index (χ2n) is 3.04. The van der Waals surface area contributed by atoms with E-state index >= 15 is 0 Å². The van der Waals surface area contributed by atoms with Gasteiger partial charge in [0.1, 0.15) is 10.8 Å². The van der Waals surface area contributed by atoms with Crippen LogP contribution in [0.3, 0.4) is 0 Å². The molecule has 1 heterocycles. The lowest BCUT2D eigenvalue weighted by Crippen LogP contribution is -2.04. The molecule has 0 unspecified atom stereocenters. The number of carbonyl (C=O) groups excluding carboxylic acids is 1. The van der Waals surface area contributed by atoms with Crippen LogP contribution in [0.25, 0.3) is 0 Å². The van der Waals surface area contributed by atoms with Crippen molar-refractivity contribution in [3.05, 3.63) is 58.1 Å². The summed E-state index contributed by atoms with van der Waals surface area (Å²) in [6, 6.07) is 10.2. The molecule has 2 rings (SSSR count). The molecule has 2 aromatic rings. The van der Waals surface area contributed by atoms with Crippen molar-refractivity contribution in [3.8, 4) is 0 Å². The number of benzene rings is 1. The highest BCUT2D eigenvalue weighted by Crippen LogP contribution is 2.14. The second kappa shape index (κ2) is 4.60. The number of aromatic nitrogens is 2. The van der Waals surface area contributed by atoms with Crippen LogP contribution in [-0.2, 0) is 0 Å². The highest BCUT2D eigenvalue weighted by atomic mass is 35.5. The van der Waals surface area contributed by atoms with Crippen molar-refractivity contribution in [2.45, 2.75) is 0 Å². The standard InChI is InChI=1S/C11H6Cl2N2O/c12-9-6-8(14-11(13)15-9)10(16)7-4-2-1-3-5-7/h1-6H. The summed E-state index contributed by atoms with van der Waals surface area (Å²) in [5.74, 6) is -0.230. The van der Waals surface area contributed by atoms with E-state index in [-0.39, 0.29) is 21.9 Å². The lowest BCUT2D eigenvalue weighted by Gasteiger charge is -2.00. The average Bonchev–Trinajstić information content (AvgIpc) is 2.28. The SMILES string of the molecule is O=C(c1ccccc1)c1cc(Cl)nc(Cl)n1. The second-order valence-corrected chi connectivity index (χ2v) is 3.77. The van der Waals surface area contributed by atoms with Gasteiger partial charge in [-0.2, -0.15) is 0 Å². The van der Waals surface area contributed by atoms with Gasteiger partial charge in [-0.05, 0) is 11.6 Å². The molecule has 0 N–H and O–H groups in total. The summed E-state index contributed by atoms with van der Waals surface area (Å²) in [6.45, 7) is 0. The van der Waals surface area contributed by atoms with Crippen molar-refractivity contribution < 1.29 is 4.79 Å². The van der Waals surface area contributed by atoms with Crippen LogP contribution in [0, 0.1) is 0 Å². The Labute approximate surface area is 102 Å². The number of nitrogens with zero attached hydrogens (tertiary/aromatic N) is 2. The van der Waals surface area contributed by atoms with Crippen molar-refractivity contribution in [1.29, 1.82) is 0 Å². The quantitative estimate of drug-likeness (QED) is 0.469. The van der Waals surface area contributed by atoms with Crippen molar-refractivity contribution >= 4 is 29.0 Å². The largest absolute Gasteiger partial charge is 0.287 e. The van der Waals surface area contributed by atoms with Gasteiger partial charge in [0.2, 0.25) is 11.1 Å². The Kier molecular flexibility index (Phi) is 3.17. The molecule has 16 heavy (non-hydrogen) atoms. The fourth-order valence-corrected chi connectivity index (χ4v) is 1.65. The Morgan fingerprint density at radius 3 is 2.38 bits per heavy atom. The summed E-state index contributed by atoms with van der Waals surface area (Å²) in [5.41, 5.74) is 0.726. The van der Waals surface area contributed by atoms with Gasteiger partial charge in [0.25, 0.3) is 0 Å². The molecule has 0 bridgehead atoms. The van der Waals surface area contributed by atoms with E-state index in [2.05, 4.69) is 9.97 Å². The number of rotatable bonds is 2. The number of hydrogen-bond acceptors (Lipinski definition) is 3. The molecule has 1 aromatic heterocycles. The van der Waals surface area contributed by atoms with Crippen LogP contribution >= 0.6 is 23.2 Å². The summed E-state index contributed by atoms with van der Waals surface area (Å²) in [5, 5.41) is 0.117. The zero-order valence-corrected chi connectivity index (χ0v) is 9.53. The van der Waals surface area contributed by atoms with Gasteiger partial charge < -0.3 is 0 Å². The number of halogens is 2. The molecule has 0 radical (unpaired) electrons. The zero-order valence-electron chi connectivity index (χ0n) is 8.02. The third-order valence-electron chi connectivity index (χ3n) is 1.94. The molecule has 0 amide bonds. The van der Waals surface area contributed by atoms with Crippen molar-refractivity contribution in [3.63, 3.8) is 0 Å². The van der Waals surface area contributed by atoms with E-state index in [0.717, 1.165) is 0 Å². The van der Waals surface area contributed by atoms with Crippen LogP contribution in [0.2, 0.25) is 10.4 Å². The van der Waals surface area contributed by atoms with E-state index in [0.29, 0.717) is 5.56 Å². The van der Waals surface area contributed by atoms with Crippen LogP contribution in [0.4, 0.5) is 0 Å². The van der Waals surface area contributed by atoms with Gasteiger partial charge in [-0.25, -0.2) is 9.97 Å². The molecule has 80 valence electrons. The van der Waals surface area contributed by atoms with Crippen molar-refractivity contribution in [2.75, 3.05) is 0 Å². The van der Waals surface area contributed by atoms with E-state index in [9.17, 15) is 4.79 Å².